The molecular weight excluding hydrogens is 390 g/mol. The van der Waals surface area contributed by atoms with Crippen LogP contribution in [-0.2, 0) is 28.6 Å². The summed E-state index contributed by atoms with van der Waals surface area (Å²) < 4.78 is 15.3. The normalized spacial score (nSPS) is 25.5. The molecule has 4 atom stereocenters. The van der Waals surface area contributed by atoms with Gasteiger partial charge in [-0.1, -0.05) is 6.58 Å². The van der Waals surface area contributed by atoms with Gasteiger partial charge >= 0.3 is 18.0 Å². The molecule has 2 aliphatic rings. The predicted molar refractivity (Wildman–Crippen MR) is 110 cm³/mol. The smallest absolute Gasteiger partial charge is 0.405 e. The van der Waals surface area contributed by atoms with Gasteiger partial charge in [0.2, 0.25) is 0 Å². The number of hydrogen-bond acceptors (Lipinski definition) is 7. The minimum absolute atomic E-state index is 0.211. The molecule has 170 valence electrons. The molecule has 0 spiro atoms. The first-order valence-electron chi connectivity index (χ1n) is 9.92. The lowest BCUT2D eigenvalue weighted by molar-refractivity contribution is -0.161. The molecule has 8 nitrogen and oxygen atoms in total. The zero-order chi connectivity index (χ0) is 23.8. The van der Waals surface area contributed by atoms with Crippen molar-refractivity contribution in [3.63, 3.8) is 0 Å². The third-order valence-electron chi connectivity index (χ3n) is 4.20. The zero-order valence-electron chi connectivity index (χ0n) is 19.5. The number of primary amides is 1. The monoisotopic (exact) mass is 425 g/mol. The number of fused-ring (bicyclic) bond motifs is 1. The SMILES string of the molecule is C=C1C(=O)[C@H]2[C@H](C(=O)OC(C)(C)C)[C@H]2[C@@H]1C(=O)OC(C)(C)C.CC(C)(C)OC(N)=O. The standard InChI is InChI=1S/C17H24O5.C5H11NO2/c1-8-9(14(19)21-16(2,3)4)10-11(13(8)18)12(10)15(20)22-17(5,6)7;1-5(2,3)8-4(6)7/h9-12H,1H2,2-7H3;1-3H3,(H2,6,7)/t9-,10+,11-,12-;/m1./s1. The first kappa shape index (κ1) is 25.7. The molecule has 0 unspecified atom stereocenters. The van der Waals surface area contributed by atoms with E-state index in [9.17, 15) is 19.2 Å². The number of rotatable bonds is 2. The van der Waals surface area contributed by atoms with Crippen molar-refractivity contribution >= 4 is 23.8 Å². The molecule has 0 saturated heterocycles. The quantitative estimate of drug-likeness (QED) is 0.409. The van der Waals surface area contributed by atoms with Gasteiger partial charge in [-0.3, -0.25) is 14.4 Å². The van der Waals surface area contributed by atoms with Crippen LogP contribution in [0.5, 0.6) is 0 Å². The number of carbonyl (C=O) groups excluding carboxylic acids is 4. The Labute approximate surface area is 178 Å². The number of nitrogens with two attached hydrogens (primary N) is 1. The van der Waals surface area contributed by atoms with Gasteiger partial charge in [-0.2, -0.15) is 0 Å². The van der Waals surface area contributed by atoms with E-state index in [2.05, 4.69) is 11.3 Å². The maximum atomic E-state index is 12.3. The largest absolute Gasteiger partial charge is 0.460 e. The van der Waals surface area contributed by atoms with Crippen molar-refractivity contribution in [1.29, 1.82) is 0 Å². The van der Waals surface area contributed by atoms with Crippen LogP contribution in [-0.4, -0.2) is 40.6 Å². The number of carbonyl (C=O) groups is 4. The highest BCUT2D eigenvalue weighted by molar-refractivity contribution is 6.10. The van der Waals surface area contributed by atoms with E-state index in [4.69, 9.17) is 15.2 Å². The van der Waals surface area contributed by atoms with Gasteiger partial charge in [-0.05, 0) is 62.3 Å². The molecule has 0 aromatic carbocycles. The highest BCUT2D eigenvalue weighted by Crippen LogP contribution is 2.61. The average Bonchev–Trinajstić information content (AvgIpc) is 3.09. The summed E-state index contributed by atoms with van der Waals surface area (Å²) in [5.41, 5.74) is 3.26. The number of hydrogen-bond donors (Lipinski definition) is 1. The highest BCUT2D eigenvalue weighted by Gasteiger charge is 2.70. The van der Waals surface area contributed by atoms with E-state index in [1.807, 2.05) is 0 Å². The highest BCUT2D eigenvalue weighted by atomic mass is 16.6. The van der Waals surface area contributed by atoms with E-state index in [0.717, 1.165) is 0 Å². The molecule has 1 amide bonds. The van der Waals surface area contributed by atoms with E-state index in [1.54, 1.807) is 62.3 Å². The van der Waals surface area contributed by atoms with Crippen LogP contribution >= 0.6 is 0 Å². The van der Waals surface area contributed by atoms with Crippen LogP contribution < -0.4 is 5.73 Å². The van der Waals surface area contributed by atoms with Crippen molar-refractivity contribution in [2.75, 3.05) is 0 Å². The lowest BCUT2D eigenvalue weighted by Crippen LogP contribution is -2.32. The van der Waals surface area contributed by atoms with E-state index < -0.39 is 52.6 Å². The zero-order valence-corrected chi connectivity index (χ0v) is 19.5. The Bertz CT molecular complexity index is 734. The summed E-state index contributed by atoms with van der Waals surface area (Å²) in [5.74, 6) is -3.22. The summed E-state index contributed by atoms with van der Waals surface area (Å²) in [4.78, 5) is 46.7. The maximum absolute atomic E-state index is 12.3. The van der Waals surface area contributed by atoms with Gasteiger partial charge in [0.15, 0.2) is 5.78 Å². The van der Waals surface area contributed by atoms with Gasteiger partial charge in [0.25, 0.3) is 0 Å². The van der Waals surface area contributed by atoms with E-state index in [0.29, 0.717) is 0 Å². The van der Waals surface area contributed by atoms with Crippen LogP contribution in [0.15, 0.2) is 12.2 Å². The Morgan fingerprint density at radius 2 is 1.20 bits per heavy atom. The van der Waals surface area contributed by atoms with E-state index in [-0.39, 0.29) is 17.3 Å². The van der Waals surface area contributed by atoms with Crippen LogP contribution in [0, 0.1) is 23.7 Å². The van der Waals surface area contributed by atoms with Crippen molar-refractivity contribution in [3.8, 4) is 0 Å². The number of ketones is 1. The lowest BCUT2D eigenvalue weighted by atomic mass is 9.94. The number of esters is 2. The summed E-state index contributed by atoms with van der Waals surface area (Å²) in [6.07, 6.45) is -0.725. The van der Waals surface area contributed by atoms with Crippen molar-refractivity contribution in [3.05, 3.63) is 12.2 Å². The van der Waals surface area contributed by atoms with E-state index in [1.165, 1.54) is 0 Å². The number of Topliss-reactive ketones (excluding diaryl/α,β-unsaturated/α-hetero) is 1. The Morgan fingerprint density at radius 3 is 1.53 bits per heavy atom. The Balaban J connectivity index is 0.000000479. The molecule has 0 heterocycles. The molecule has 0 radical (unpaired) electrons. The fourth-order valence-electron chi connectivity index (χ4n) is 3.33. The Kier molecular flexibility index (Phi) is 7.18. The molecule has 2 fully saturated rings. The minimum atomic E-state index is -0.728. The van der Waals surface area contributed by atoms with E-state index >= 15 is 0 Å². The molecule has 0 bridgehead atoms. The second-order valence-corrected chi connectivity index (χ2v) is 10.6. The molecule has 2 N–H and O–H groups in total. The molecule has 0 aromatic rings. The molecule has 8 heteroatoms. The van der Waals surface area contributed by atoms with Crippen molar-refractivity contribution in [1.82, 2.24) is 0 Å². The van der Waals surface area contributed by atoms with Gasteiger partial charge in [-0.15, -0.1) is 0 Å². The van der Waals surface area contributed by atoms with Crippen LogP contribution in [0.2, 0.25) is 0 Å². The number of amides is 1. The van der Waals surface area contributed by atoms with Crippen molar-refractivity contribution in [2.45, 2.75) is 79.1 Å². The minimum Gasteiger partial charge on any atom is -0.460 e. The summed E-state index contributed by atoms with van der Waals surface area (Å²) in [5, 5.41) is 0. The van der Waals surface area contributed by atoms with Crippen LogP contribution in [0.1, 0.15) is 62.3 Å². The topological polar surface area (TPSA) is 122 Å². The van der Waals surface area contributed by atoms with Gasteiger partial charge in [0, 0.05) is 17.4 Å². The molecule has 0 aromatic heterocycles. The lowest BCUT2D eigenvalue weighted by Gasteiger charge is -2.24. The van der Waals surface area contributed by atoms with Gasteiger partial charge < -0.3 is 19.9 Å². The number of ether oxygens (including phenoxy) is 3. The van der Waals surface area contributed by atoms with Gasteiger partial charge in [0.05, 0.1) is 11.8 Å². The van der Waals surface area contributed by atoms with Crippen molar-refractivity contribution in [2.24, 2.45) is 29.4 Å². The fraction of sp³-hybridized carbons (Fsp3) is 0.727. The second kappa shape index (κ2) is 8.40. The summed E-state index contributed by atoms with van der Waals surface area (Å²) >= 11 is 0. The molecule has 2 saturated carbocycles. The predicted octanol–water partition coefficient (Wildman–Crippen LogP) is 3.17. The first-order chi connectivity index (χ1) is 13.2. The molecule has 2 rings (SSSR count). The third-order valence-corrected chi connectivity index (χ3v) is 4.20. The second-order valence-electron chi connectivity index (χ2n) is 10.6. The average molecular weight is 426 g/mol. The van der Waals surface area contributed by atoms with Crippen LogP contribution in [0.4, 0.5) is 4.79 Å². The summed E-state index contributed by atoms with van der Waals surface area (Å²) in [6.45, 7) is 19.6. The van der Waals surface area contributed by atoms with Crippen molar-refractivity contribution < 1.29 is 33.4 Å². The molecule has 0 aliphatic heterocycles. The third kappa shape index (κ3) is 7.15. The summed E-state index contributed by atoms with van der Waals surface area (Å²) in [7, 11) is 0. The molecular formula is C22H35NO7. The van der Waals surface area contributed by atoms with Crippen LogP contribution in [0.25, 0.3) is 0 Å². The first-order valence-corrected chi connectivity index (χ1v) is 9.92. The van der Waals surface area contributed by atoms with Gasteiger partial charge in [-0.25, -0.2) is 4.79 Å². The maximum Gasteiger partial charge on any atom is 0.405 e. The molecule has 2 aliphatic carbocycles. The fourth-order valence-corrected chi connectivity index (χ4v) is 3.33. The Hall–Kier alpha value is -2.38. The van der Waals surface area contributed by atoms with Crippen LogP contribution in [0.3, 0.4) is 0 Å². The molecule has 30 heavy (non-hydrogen) atoms. The summed E-state index contributed by atoms with van der Waals surface area (Å²) in [6, 6.07) is 0. The van der Waals surface area contributed by atoms with Gasteiger partial charge in [0.1, 0.15) is 16.8 Å². The Morgan fingerprint density at radius 1 is 0.800 bits per heavy atom.